The van der Waals surface area contributed by atoms with E-state index in [0.717, 1.165) is 11.8 Å². The van der Waals surface area contributed by atoms with Crippen molar-refractivity contribution in [3.05, 3.63) is 174 Å². The maximum absolute atomic E-state index is 2.58. The van der Waals surface area contributed by atoms with Gasteiger partial charge in [-0.1, -0.05) is 155 Å². The Bertz CT molecular complexity index is 2590. The van der Waals surface area contributed by atoms with Crippen LogP contribution in [0.15, 0.2) is 152 Å². The van der Waals surface area contributed by atoms with E-state index in [-0.39, 0.29) is 5.41 Å². The molecule has 0 spiro atoms. The minimum Gasteiger partial charge on any atom is -0.310 e. The fourth-order valence-corrected chi connectivity index (χ4v) is 11.8. The summed E-state index contributed by atoms with van der Waals surface area (Å²) in [6, 6.07) is 58.3. The number of benzene rings is 7. The highest BCUT2D eigenvalue weighted by Gasteiger charge is 2.41. The Morgan fingerprint density at radius 2 is 1.18 bits per heavy atom. The molecule has 11 rings (SSSR count). The fraction of sp³-hybridized carbons (Fsp3) is 0.286. The second kappa shape index (κ2) is 13.9. The number of rotatable bonds is 7. The highest BCUT2D eigenvalue weighted by Crippen LogP contribution is 2.57. The molecule has 7 aromatic rings. The van der Waals surface area contributed by atoms with Crippen molar-refractivity contribution in [3.8, 4) is 33.4 Å². The summed E-state index contributed by atoms with van der Waals surface area (Å²) in [5, 5.41) is 2.65. The second-order valence-corrected chi connectivity index (χ2v) is 18.3. The van der Waals surface area contributed by atoms with Gasteiger partial charge in [0.05, 0.1) is 5.69 Å². The Kier molecular flexibility index (Phi) is 8.50. The first-order valence-corrected chi connectivity index (χ1v) is 21.9. The molecule has 282 valence electrons. The minimum absolute atomic E-state index is 0.198. The van der Waals surface area contributed by atoms with E-state index >= 15 is 0 Å². The summed E-state index contributed by atoms with van der Waals surface area (Å²) in [5.41, 5.74) is 17.1. The number of hydrogen-bond donors (Lipinski definition) is 0. The van der Waals surface area contributed by atoms with Crippen LogP contribution in [-0.4, -0.2) is 0 Å². The lowest BCUT2D eigenvalue weighted by Gasteiger charge is -2.31. The van der Waals surface area contributed by atoms with E-state index in [0.29, 0.717) is 11.8 Å². The Hall–Kier alpha value is -5.40. The minimum atomic E-state index is -0.198. The smallest absolute Gasteiger partial charge is 0.0543 e. The molecule has 0 N–H and O–H groups in total. The summed E-state index contributed by atoms with van der Waals surface area (Å²) < 4.78 is 0. The SMILES string of the molecule is CC1(C)c2cc(N(c3ccc(C4CC5CCC4C5)cc3)c3ccc4ccc(C5CCCCC5)cc4c3)c(-c3ccccc3)cc2-c2cccc(-c3ccccc3)c21. The van der Waals surface area contributed by atoms with Crippen LogP contribution in [0.1, 0.15) is 106 Å². The van der Waals surface area contributed by atoms with Gasteiger partial charge in [-0.3, -0.25) is 0 Å². The van der Waals surface area contributed by atoms with E-state index in [1.165, 1.54) is 141 Å². The third kappa shape index (κ3) is 5.96. The zero-order valence-electron chi connectivity index (χ0n) is 33.6. The highest BCUT2D eigenvalue weighted by atomic mass is 15.1. The Labute approximate surface area is 339 Å². The van der Waals surface area contributed by atoms with Crippen LogP contribution in [0.5, 0.6) is 0 Å². The van der Waals surface area contributed by atoms with Gasteiger partial charge in [-0.05, 0) is 153 Å². The molecule has 4 aliphatic rings. The normalized spacial score (nSPS) is 20.8. The third-order valence-electron chi connectivity index (χ3n) is 14.7. The lowest BCUT2D eigenvalue weighted by atomic mass is 9.78. The molecule has 3 saturated carbocycles. The van der Waals surface area contributed by atoms with Gasteiger partial charge in [0.2, 0.25) is 0 Å². The molecule has 3 atom stereocenters. The molecule has 3 fully saturated rings. The molecule has 0 aromatic heterocycles. The van der Waals surface area contributed by atoms with Gasteiger partial charge in [-0.25, -0.2) is 0 Å². The standard InChI is InChI=1S/C56H53N/c1-56(2)53-36-54(51(41-17-10-5-11-18-41)35-52(53)49-20-12-19-48(55(49)56)40-15-8-4-9-16-40)57(46-28-26-42(27-29-46)50-32-37-21-22-44(50)31-37)47-30-25-39-23-24-43(33-45(39)34-47)38-13-6-3-7-14-38/h4-5,8-12,15-20,23-30,33-38,44,50H,3,6-7,13-14,21-22,31-32H2,1-2H3. The van der Waals surface area contributed by atoms with Gasteiger partial charge in [0, 0.05) is 22.4 Å². The Morgan fingerprint density at radius 1 is 0.491 bits per heavy atom. The molecular formula is C56H53N. The van der Waals surface area contributed by atoms with Gasteiger partial charge in [-0.2, -0.15) is 0 Å². The van der Waals surface area contributed by atoms with Gasteiger partial charge in [-0.15, -0.1) is 0 Å². The van der Waals surface area contributed by atoms with Gasteiger partial charge in [0.15, 0.2) is 0 Å². The van der Waals surface area contributed by atoms with Gasteiger partial charge < -0.3 is 4.90 Å². The molecule has 0 amide bonds. The van der Waals surface area contributed by atoms with Crippen LogP contribution in [0.2, 0.25) is 0 Å². The lowest BCUT2D eigenvalue weighted by Crippen LogP contribution is -2.18. The molecule has 0 radical (unpaired) electrons. The van der Waals surface area contributed by atoms with Crippen molar-refractivity contribution in [2.75, 3.05) is 4.90 Å². The Morgan fingerprint density at radius 3 is 1.89 bits per heavy atom. The van der Waals surface area contributed by atoms with Crippen molar-refractivity contribution in [2.24, 2.45) is 11.8 Å². The van der Waals surface area contributed by atoms with Gasteiger partial charge >= 0.3 is 0 Å². The lowest BCUT2D eigenvalue weighted by molar-refractivity contribution is 0.420. The molecule has 1 heteroatoms. The van der Waals surface area contributed by atoms with Crippen molar-refractivity contribution in [1.29, 1.82) is 0 Å². The van der Waals surface area contributed by atoms with Crippen molar-refractivity contribution >= 4 is 27.8 Å². The zero-order valence-corrected chi connectivity index (χ0v) is 33.6. The van der Waals surface area contributed by atoms with E-state index in [1.54, 1.807) is 0 Å². The third-order valence-corrected chi connectivity index (χ3v) is 14.7. The largest absolute Gasteiger partial charge is 0.310 e. The molecule has 0 heterocycles. The average molecular weight is 740 g/mol. The van der Waals surface area contributed by atoms with Crippen molar-refractivity contribution in [2.45, 2.75) is 88.9 Å². The van der Waals surface area contributed by atoms with Crippen LogP contribution in [0.25, 0.3) is 44.2 Å². The van der Waals surface area contributed by atoms with Gasteiger partial charge in [0.25, 0.3) is 0 Å². The van der Waals surface area contributed by atoms with Crippen LogP contribution >= 0.6 is 0 Å². The molecule has 3 unspecified atom stereocenters. The first-order chi connectivity index (χ1) is 28.0. The second-order valence-electron chi connectivity index (χ2n) is 18.3. The van der Waals surface area contributed by atoms with E-state index in [4.69, 9.17) is 0 Å². The first kappa shape index (κ1) is 34.8. The average Bonchev–Trinajstić information content (AvgIpc) is 3.97. The summed E-state index contributed by atoms with van der Waals surface area (Å²) in [4.78, 5) is 2.58. The summed E-state index contributed by atoms with van der Waals surface area (Å²) in [7, 11) is 0. The predicted octanol–water partition coefficient (Wildman–Crippen LogP) is 15.9. The van der Waals surface area contributed by atoms with Crippen molar-refractivity contribution in [1.82, 2.24) is 0 Å². The van der Waals surface area contributed by atoms with E-state index < -0.39 is 0 Å². The van der Waals surface area contributed by atoms with Gasteiger partial charge in [0.1, 0.15) is 0 Å². The van der Waals surface area contributed by atoms with Crippen molar-refractivity contribution in [3.63, 3.8) is 0 Å². The molecule has 7 aromatic carbocycles. The molecule has 1 nitrogen and oxygen atoms in total. The summed E-state index contributed by atoms with van der Waals surface area (Å²) in [6.45, 7) is 4.88. The number of fused-ring (bicyclic) bond motifs is 6. The zero-order chi connectivity index (χ0) is 38.1. The fourth-order valence-electron chi connectivity index (χ4n) is 11.8. The monoisotopic (exact) mass is 739 g/mol. The van der Waals surface area contributed by atoms with Crippen LogP contribution < -0.4 is 4.90 Å². The Balaban J connectivity index is 1.11. The molecule has 2 bridgehead atoms. The summed E-state index contributed by atoms with van der Waals surface area (Å²) >= 11 is 0. The molecule has 0 aliphatic heterocycles. The first-order valence-electron chi connectivity index (χ1n) is 21.9. The number of nitrogens with zero attached hydrogens (tertiary/aromatic N) is 1. The predicted molar refractivity (Wildman–Crippen MR) is 241 cm³/mol. The summed E-state index contributed by atoms with van der Waals surface area (Å²) in [6.07, 6.45) is 12.3. The molecule has 0 saturated heterocycles. The quantitative estimate of drug-likeness (QED) is 0.157. The summed E-state index contributed by atoms with van der Waals surface area (Å²) in [5.74, 6) is 3.18. The van der Waals surface area contributed by atoms with Crippen molar-refractivity contribution < 1.29 is 0 Å². The van der Waals surface area contributed by atoms with E-state index in [2.05, 4.69) is 170 Å². The van der Waals surface area contributed by atoms with Crippen LogP contribution in [0, 0.1) is 11.8 Å². The highest BCUT2D eigenvalue weighted by molar-refractivity contribution is 5.98. The topological polar surface area (TPSA) is 3.24 Å². The number of anilines is 3. The van der Waals surface area contributed by atoms with Crippen LogP contribution in [0.3, 0.4) is 0 Å². The molecular weight excluding hydrogens is 687 g/mol. The number of hydrogen-bond acceptors (Lipinski definition) is 1. The van der Waals surface area contributed by atoms with Crippen LogP contribution in [-0.2, 0) is 5.41 Å². The van der Waals surface area contributed by atoms with Crippen LogP contribution in [0.4, 0.5) is 17.1 Å². The molecule has 57 heavy (non-hydrogen) atoms. The van der Waals surface area contributed by atoms with E-state index in [9.17, 15) is 0 Å². The maximum Gasteiger partial charge on any atom is 0.0543 e. The maximum atomic E-state index is 2.58. The molecule has 4 aliphatic carbocycles. The van der Waals surface area contributed by atoms with E-state index in [1.807, 2.05) is 0 Å².